The highest BCUT2D eigenvalue weighted by atomic mass is 16.5. The fourth-order valence-corrected chi connectivity index (χ4v) is 2.12. The molecule has 1 rings (SSSR count). The van der Waals surface area contributed by atoms with E-state index in [-0.39, 0.29) is 0 Å². The number of hydrogen-bond donors (Lipinski definition) is 1. The first kappa shape index (κ1) is 15.0. The zero-order chi connectivity index (χ0) is 13.4. The Morgan fingerprint density at radius 2 is 1.83 bits per heavy atom. The lowest BCUT2D eigenvalue weighted by molar-refractivity contribution is 0.414. The Balaban J connectivity index is 2.44. The topological polar surface area (TPSA) is 21.3 Å². The van der Waals surface area contributed by atoms with Gasteiger partial charge in [0.05, 0.1) is 7.11 Å². The lowest BCUT2D eigenvalue weighted by Gasteiger charge is -2.18. The van der Waals surface area contributed by atoms with Crippen molar-refractivity contribution in [2.45, 2.75) is 46.1 Å². The summed E-state index contributed by atoms with van der Waals surface area (Å²) in [4.78, 5) is 0. The van der Waals surface area contributed by atoms with Gasteiger partial charge in [0, 0.05) is 6.04 Å². The van der Waals surface area contributed by atoms with Gasteiger partial charge < -0.3 is 10.1 Å². The third-order valence-corrected chi connectivity index (χ3v) is 3.28. The average molecular weight is 249 g/mol. The molecule has 0 saturated carbocycles. The molecule has 0 fully saturated rings. The minimum Gasteiger partial charge on any atom is -0.497 e. The second kappa shape index (κ2) is 8.15. The molecule has 0 saturated heterocycles. The molecule has 102 valence electrons. The van der Waals surface area contributed by atoms with Crippen LogP contribution < -0.4 is 10.1 Å². The Bertz CT molecular complexity index is 318. The molecule has 0 spiro atoms. The van der Waals surface area contributed by atoms with E-state index >= 15 is 0 Å². The molecule has 1 aromatic carbocycles. The van der Waals surface area contributed by atoms with E-state index in [1.807, 2.05) is 12.1 Å². The van der Waals surface area contributed by atoms with Crippen LogP contribution in [0.15, 0.2) is 24.3 Å². The zero-order valence-electron chi connectivity index (χ0n) is 12.2. The Morgan fingerprint density at radius 1 is 1.17 bits per heavy atom. The van der Waals surface area contributed by atoms with Crippen LogP contribution in [-0.2, 0) is 0 Å². The average Bonchev–Trinajstić information content (AvgIpc) is 2.39. The van der Waals surface area contributed by atoms with Crippen molar-refractivity contribution in [2.75, 3.05) is 13.7 Å². The molecule has 0 aliphatic rings. The van der Waals surface area contributed by atoms with Crippen molar-refractivity contribution in [1.29, 1.82) is 0 Å². The lowest BCUT2D eigenvalue weighted by Crippen LogP contribution is -2.22. The van der Waals surface area contributed by atoms with Crippen molar-refractivity contribution in [3.63, 3.8) is 0 Å². The highest BCUT2D eigenvalue weighted by Crippen LogP contribution is 2.20. The summed E-state index contributed by atoms with van der Waals surface area (Å²) in [6.45, 7) is 7.88. The number of ether oxygens (including phenoxy) is 1. The number of nitrogens with one attached hydrogen (secondary N) is 1. The third kappa shape index (κ3) is 5.09. The Morgan fingerprint density at radius 3 is 2.33 bits per heavy atom. The molecule has 0 bridgehead atoms. The molecule has 1 unspecified atom stereocenters. The Hall–Kier alpha value is -1.02. The number of methoxy groups -OCH3 is 1. The van der Waals surface area contributed by atoms with E-state index in [1.54, 1.807) is 7.11 Å². The molecular weight excluding hydrogens is 222 g/mol. The molecule has 0 heterocycles. The van der Waals surface area contributed by atoms with Crippen LogP contribution in [0.25, 0.3) is 0 Å². The van der Waals surface area contributed by atoms with Crippen molar-refractivity contribution >= 4 is 0 Å². The summed E-state index contributed by atoms with van der Waals surface area (Å²) in [6.07, 6.45) is 3.67. The fourth-order valence-electron chi connectivity index (χ4n) is 2.12. The maximum Gasteiger partial charge on any atom is 0.118 e. The molecule has 2 heteroatoms. The Kier molecular flexibility index (Phi) is 6.81. The number of rotatable bonds is 8. The zero-order valence-corrected chi connectivity index (χ0v) is 12.2. The van der Waals surface area contributed by atoms with Gasteiger partial charge in [-0.2, -0.15) is 0 Å². The summed E-state index contributed by atoms with van der Waals surface area (Å²) in [5.74, 6) is 1.72. The SMILES string of the molecule is CCC(NCCCC(C)C)c1ccc(OC)cc1. The monoisotopic (exact) mass is 249 g/mol. The van der Waals surface area contributed by atoms with Gasteiger partial charge in [0.25, 0.3) is 0 Å². The van der Waals surface area contributed by atoms with E-state index in [0.717, 1.165) is 24.6 Å². The van der Waals surface area contributed by atoms with Crippen molar-refractivity contribution in [2.24, 2.45) is 5.92 Å². The quantitative estimate of drug-likeness (QED) is 0.698. The van der Waals surface area contributed by atoms with Gasteiger partial charge in [-0.05, 0) is 49.4 Å². The van der Waals surface area contributed by atoms with Gasteiger partial charge >= 0.3 is 0 Å². The Labute approximate surface area is 112 Å². The minimum atomic E-state index is 0.461. The van der Waals surface area contributed by atoms with Crippen molar-refractivity contribution in [3.05, 3.63) is 29.8 Å². The van der Waals surface area contributed by atoms with Crippen LogP contribution in [0, 0.1) is 5.92 Å². The second-order valence-electron chi connectivity index (χ2n) is 5.22. The maximum absolute atomic E-state index is 5.19. The first-order valence-corrected chi connectivity index (χ1v) is 7.04. The van der Waals surface area contributed by atoms with Crippen molar-refractivity contribution in [1.82, 2.24) is 5.32 Å². The molecule has 0 amide bonds. The molecular formula is C16H27NO. The van der Waals surface area contributed by atoms with Crippen molar-refractivity contribution < 1.29 is 4.74 Å². The van der Waals surface area contributed by atoms with Gasteiger partial charge in [0.15, 0.2) is 0 Å². The first-order valence-electron chi connectivity index (χ1n) is 7.04. The van der Waals surface area contributed by atoms with E-state index in [9.17, 15) is 0 Å². The predicted molar refractivity (Wildman–Crippen MR) is 78.1 cm³/mol. The van der Waals surface area contributed by atoms with Crippen molar-refractivity contribution in [3.8, 4) is 5.75 Å². The third-order valence-electron chi connectivity index (χ3n) is 3.28. The molecule has 0 radical (unpaired) electrons. The summed E-state index contributed by atoms with van der Waals surface area (Å²) >= 11 is 0. The summed E-state index contributed by atoms with van der Waals surface area (Å²) < 4.78 is 5.19. The van der Waals surface area contributed by atoms with Gasteiger partial charge in [0.2, 0.25) is 0 Å². The number of hydrogen-bond acceptors (Lipinski definition) is 2. The van der Waals surface area contributed by atoms with E-state index < -0.39 is 0 Å². The van der Waals surface area contributed by atoms with E-state index in [4.69, 9.17) is 4.74 Å². The maximum atomic E-state index is 5.19. The molecule has 1 aromatic rings. The highest BCUT2D eigenvalue weighted by molar-refractivity contribution is 5.29. The summed E-state index contributed by atoms with van der Waals surface area (Å²) in [5.41, 5.74) is 1.35. The minimum absolute atomic E-state index is 0.461. The highest BCUT2D eigenvalue weighted by Gasteiger charge is 2.08. The second-order valence-corrected chi connectivity index (χ2v) is 5.22. The fraction of sp³-hybridized carbons (Fsp3) is 0.625. The van der Waals surface area contributed by atoms with Crippen LogP contribution in [-0.4, -0.2) is 13.7 Å². The molecule has 0 aliphatic heterocycles. The molecule has 2 nitrogen and oxygen atoms in total. The molecule has 18 heavy (non-hydrogen) atoms. The van der Waals surface area contributed by atoms with Crippen LogP contribution in [0.5, 0.6) is 5.75 Å². The predicted octanol–water partition coefficient (Wildman–Crippen LogP) is 4.17. The standard InChI is InChI=1S/C16H27NO/c1-5-16(17-12-6-7-13(2)3)14-8-10-15(18-4)11-9-14/h8-11,13,16-17H,5-7,12H2,1-4H3. The van der Waals surface area contributed by atoms with Gasteiger partial charge in [-0.15, -0.1) is 0 Å². The smallest absolute Gasteiger partial charge is 0.118 e. The van der Waals surface area contributed by atoms with Crippen LogP contribution in [0.4, 0.5) is 0 Å². The van der Waals surface area contributed by atoms with Gasteiger partial charge in [0.1, 0.15) is 5.75 Å². The lowest BCUT2D eigenvalue weighted by atomic mass is 10.0. The summed E-state index contributed by atoms with van der Waals surface area (Å²) in [6, 6.07) is 8.84. The van der Waals surface area contributed by atoms with Crippen LogP contribution in [0.3, 0.4) is 0 Å². The molecule has 1 atom stereocenters. The van der Waals surface area contributed by atoms with Gasteiger partial charge in [-0.3, -0.25) is 0 Å². The van der Waals surface area contributed by atoms with Gasteiger partial charge in [-0.1, -0.05) is 32.9 Å². The van der Waals surface area contributed by atoms with E-state index in [1.165, 1.54) is 18.4 Å². The summed E-state index contributed by atoms with van der Waals surface area (Å²) in [5, 5.41) is 3.64. The molecule has 0 aliphatic carbocycles. The first-order chi connectivity index (χ1) is 8.67. The van der Waals surface area contributed by atoms with Crippen LogP contribution in [0.1, 0.15) is 51.6 Å². The van der Waals surface area contributed by atoms with E-state index in [2.05, 4.69) is 38.2 Å². The van der Waals surface area contributed by atoms with Gasteiger partial charge in [-0.25, -0.2) is 0 Å². The largest absolute Gasteiger partial charge is 0.497 e. The number of benzene rings is 1. The summed E-state index contributed by atoms with van der Waals surface area (Å²) in [7, 11) is 1.70. The van der Waals surface area contributed by atoms with Crippen LogP contribution in [0.2, 0.25) is 0 Å². The molecule has 0 aromatic heterocycles. The van der Waals surface area contributed by atoms with E-state index in [0.29, 0.717) is 6.04 Å². The van der Waals surface area contributed by atoms with Crippen LogP contribution >= 0.6 is 0 Å². The normalized spacial score (nSPS) is 12.7. The molecule has 1 N–H and O–H groups in total.